The lowest BCUT2D eigenvalue weighted by Crippen LogP contribution is -2.11. The van der Waals surface area contributed by atoms with Gasteiger partial charge in [0.2, 0.25) is 0 Å². The Bertz CT molecular complexity index is 403. The van der Waals surface area contributed by atoms with Gasteiger partial charge in [-0.05, 0) is 41.9 Å². The van der Waals surface area contributed by atoms with Crippen molar-refractivity contribution < 1.29 is 4.74 Å². The van der Waals surface area contributed by atoms with Gasteiger partial charge in [0.25, 0.3) is 0 Å². The van der Waals surface area contributed by atoms with Crippen LogP contribution in [-0.4, -0.2) is 24.1 Å². The lowest BCUT2D eigenvalue weighted by molar-refractivity contribution is 0.0924. The normalized spacial score (nSPS) is 16.9. The highest BCUT2D eigenvalue weighted by Gasteiger charge is 2.30. The molecule has 1 N–H and O–H groups in total. The van der Waals surface area contributed by atoms with Crippen LogP contribution in [0.3, 0.4) is 0 Å². The second-order valence-electron chi connectivity index (χ2n) is 4.29. The lowest BCUT2D eigenvalue weighted by atomic mass is 10.2. The SMILES string of the molecule is CCC(OC)c1nc(NC)c(I)c(C2CC2)n1. The molecule has 1 heterocycles. The Balaban J connectivity index is 2.42. The van der Waals surface area contributed by atoms with Gasteiger partial charge in [0.1, 0.15) is 11.9 Å². The smallest absolute Gasteiger partial charge is 0.159 e. The first-order chi connectivity index (χ1) is 8.21. The molecular formula is C12H18IN3O. The number of hydrogen-bond donors (Lipinski definition) is 1. The standard InChI is InChI=1S/C12H18IN3O/c1-4-8(17-3)11-15-10(7-5-6-7)9(13)12(14-2)16-11/h7-8H,4-6H2,1-3H3,(H,14,15,16). The van der Waals surface area contributed by atoms with Gasteiger partial charge in [-0.15, -0.1) is 0 Å². The molecule has 1 unspecified atom stereocenters. The Morgan fingerprint density at radius 1 is 1.47 bits per heavy atom. The lowest BCUT2D eigenvalue weighted by Gasteiger charge is -2.15. The summed E-state index contributed by atoms with van der Waals surface area (Å²) >= 11 is 2.33. The second-order valence-corrected chi connectivity index (χ2v) is 5.37. The van der Waals surface area contributed by atoms with Crippen molar-refractivity contribution in [3.05, 3.63) is 15.1 Å². The van der Waals surface area contributed by atoms with Crippen molar-refractivity contribution in [1.82, 2.24) is 9.97 Å². The number of nitrogens with one attached hydrogen (secondary N) is 1. The van der Waals surface area contributed by atoms with Gasteiger partial charge in [-0.3, -0.25) is 0 Å². The van der Waals surface area contributed by atoms with Crippen molar-refractivity contribution >= 4 is 28.4 Å². The maximum absolute atomic E-state index is 5.42. The topological polar surface area (TPSA) is 47.0 Å². The van der Waals surface area contributed by atoms with Gasteiger partial charge >= 0.3 is 0 Å². The van der Waals surface area contributed by atoms with Crippen molar-refractivity contribution in [2.24, 2.45) is 0 Å². The molecule has 0 aromatic carbocycles. The minimum absolute atomic E-state index is 0.00315. The van der Waals surface area contributed by atoms with Crippen molar-refractivity contribution in [2.45, 2.75) is 38.2 Å². The van der Waals surface area contributed by atoms with Gasteiger partial charge in [-0.25, -0.2) is 9.97 Å². The van der Waals surface area contributed by atoms with Crippen LogP contribution in [0.4, 0.5) is 5.82 Å². The average molecular weight is 347 g/mol. The summed E-state index contributed by atoms with van der Waals surface area (Å²) in [6, 6.07) is 0. The highest BCUT2D eigenvalue weighted by molar-refractivity contribution is 14.1. The van der Waals surface area contributed by atoms with E-state index in [1.54, 1.807) is 7.11 Å². The Morgan fingerprint density at radius 3 is 2.65 bits per heavy atom. The first-order valence-electron chi connectivity index (χ1n) is 5.99. The van der Waals surface area contributed by atoms with Crippen molar-refractivity contribution in [1.29, 1.82) is 0 Å². The number of nitrogens with zero attached hydrogens (tertiary/aromatic N) is 2. The van der Waals surface area contributed by atoms with E-state index in [2.05, 4.69) is 39.8 Å². The largest absolute Gasteiger partial charge is 0.373 e. The van der Waals surface area contributed by atoms with E-state index < -0.39 is 0 Å². The predicted octanol–water partition coefficient (Wildman–Crippen LogP) is 3.10. The molecule has 5 heteroatoms. The molecule has 1 fully saturated rings. The van der Waals surface area contributed by atoms with E-state index in [0.29, 0.717) is 5.92 Å². The average Bonchev–Trinajstić information content (AvgIpc) is 3.16. The van der Waals surface area contributed by atoms with Crippen LogP contribution in [0.2, 0.25) is 0 Å². The zero-order chi connectivity index (χ0) is 12.4. The number of halogens is 1. The summed E-state index contributed by atoms with van der Waals surface area (Å²) in [4.78, 5) is 9.25. The Hall–Kier alpha value is -0.430. The number of methoxy groups -OCH3 is 1. The monoisotopic (exact) mass is 347 g/mol. The van der Waals surface area contributed by atoms with E-state index in [-0.39, 0.29) is 6.10 Å². The molecule has 1 aliphatic rings. The number of aromatic nitrogens is 2. The first kappa shape index (κ1) is 13.0. The molecule has 94 valence electrons. The van der Waals surface area contributed by atoms with E-state index >= 15 is 0 Å². The fourth-order valence-electron chi connectivity index (χ4n) is 1.87. The fourth-order valence-corrected chi connectivity index (χ4v) is 2.83. The van der Waals surface area contributed by atoms with E-state index in [4.69, 9.17) is 9.72 Å². The van der Waals surface area contributed by atoms with E-state index in [1.165, 1.54) is 18.5 Å². The van der Waals surface area contributed by atoms with E-state index in [1.807, 2.05) is 7.05 Å². The third-order valence-corrected chi connectivity index (χ3v) is 4.10. The summed E-state index contributed by atoms with van der Waals surface area (Å²) in [7, 11) is 3.62. The van der Waals surface area contributed by atoms with E-state index in [9.17, 15) is 0 Å². The van der Waals surface area contributed by atoms with E-state index in [0.717, 1.165) is 21.6 Å². The minimum atomic E-state index is -0.00315. The summed E-state index contributed by atoms with van der Waals surface area (Å²) in [5.41, 5.74) is 1.19. The maximum atomic E-state index is 5.42. The molecule has 17 heavy (non-hydrogen) atoms. The van der Waals surface area contributed by atoms with Crippen molar-refractivity contribution in [3.8, 4) is 0 Å². The molecule has 2 rings (SSSR count). The molecule has 1 aromatic rings. The van der Waals surface area contributed by atoms with Crippen molar-refractivity contribution in [3.63, 3.8) is 0 Å². The number of ether oxygens (including phenoxy) is 1. The van der Waals surface area contributed by atoms with Crippen LogP contribution in [0.5, 0.6) is 0 Å². The molecule has 0 spiro atoms. The highest BCUT2D eigenvalue weighted by Crippen LogP contribution is 2.42. The molecule has 0 bridgehead atoms. The van der Waals surface area contributed by atoms with Gasteiger partial charge in [0, 0.05) is 20.1 Å². The van der Waals surface area contributed by atoms with Crippen LogP contribution < -0.4 is 5.32 Å². The second kappa shape index (κ2) is 5.48. The number of hydrogen-bond acceptors (Lipinski definition) is 4. The highest BCUT2D eigenvalue weighted by atomic mass is 127. The summed E-state index contributed by atoms with van der Waals surface area (Å²) < 4.78 is 6.58. The Labute approximate surface area is 116 Å². The molecule has 0 saturated heterocycles. The minimum Gasteiger partial charge on any atom is -0.373 e. The summed E-state index contributed by atoms with van der Waals surface area (Å²) in [5.74, 6) is 2.36. The van der Waals surface area contributed by atoms with Crippen LogP contribution in [0.15, 0.2) is 0 Å². The molecule has 0 radical (unpaired) electrons. The van der Waals surface area contributed by atoms with Gasteiger partial charge in [-0.2, -0.15) is 0 Å². The molecule has 1 atom stereocenters. The van der Waals surface area contributed by atoms with Crippen LogP contribution in [0, 0.1) is 3.57 Å². The van der Waals surface area contributed by atoms with Crippen LogP contribution in [0.1, 0.15) is 49.7 Å². The molecular weight excluding hydrogens is 329 g/mol. The van der Waals surface area contributed by atoms with Gasteiger partial charge in [0.05, 0.1) is 9.26 Å². The number of anilines is 1. The molecule has 1 aliphatic carbocycles. The summed E-state index contributed by atoms with van der Waals surface area (Å²) in [6.07, 6.45) is 3.39. The summed E-state index contributed by atoms with van der Waals surface area (Å²) in [6.45, 7) is 2.09. The van der Waals surface area contributed by atoms with Gasteiger partial charge in [0.15, 0.2) is 5.82 Å². The molecule has 1 aromatic heterocycles. The van der Waals surface area contributed by atoms with Crippen molar-refractivity contribution in [2.75, 3.05) is 19.5 Å². The Kier molecular flexibility index (Phi) is 4.19. The number of rotatable bonds is 5. The third kappa shape index (κ3) is 2.70. The molecule has 4 nitrogen and oxygen atoms in total. The van der Waals surface area contributed by atoms with Crippen LogP contribution >= 0.6 is 22.6 Å². The predicted molar refractivity (Wildman–Crippen MR) is 76.3 cm³/mol. The molecule has 0 aliphatic heterocycles. The van der Waals surface area contributed by atoms with Gasteiger partial charge < -0.3 is 10.1 Å². The third-order valence-electron chi connectivity index (χ3n) is 3.04. The zero-order valence-corrected chi connectivity index (χ0v) is 12.6. The van der Waals surface area contributed by atoms with Gasteiger partial charge in [-0.1, -0.05) is 6.92 Å². The summed E-state index contributed by atoms with van der Waals surface area (Å²) in [5, 5.41) is 3.15. The zero-order valence-electron chi connectivity index (χ0n) is 10.5. The maximum Gasteiger partial charge on any atom is 0.159 e. The quantitative estimate of drug-likeness (QED) is 0.832. The van der Waals surface area contributed by atoms with Crippen LogP contribution in [0.25, 0.3) is 0 Å². The molecule has 0 amide bonds. The molecule has 1 saturated carbocycles. The van der Waals surface area contributed by atoms with Crippen LogP contribution in [-0.2, 0) is 4.74 Å². The Morgan fingerprint density at radius 2 is 2.18 bits per heavy atom. The first-order valence-corrected chi connectivity index (χ1v) is 7.07. The fraction of sp³-hybridized carbons (Fsp3) is 0.667.